The average Bonchev–Trinajstić information content (AvgIpc) is 3.25. The molecule has 0 spiro atoms. The number of halogens is 2. The van der Waals surface area contributed by atoms with Gasteiger partial charge in [0.25, 0.3) is 0 Å². The van der Waals surface area contributed by atoms with Crippen molar-refractivity contribution in [1.82, 2.24) is 4.90 Å². The Morgan fingerprint density at radius 2 is 1.77 bits per heavy atom. The van der Waals surface area contributed by atoms with Gasteiger partial charge >= 0.3 is 0 Å². The number of rotatable bonds is 6. The number of carbonyl (C=O) groups is 1. The summed E-state index contributed by atoms with van der Waals surface area (Å²) >= 11 is 5.82. The number of carbonyl (C=O) groups excluding carboxylic acids is 1. The molecule has 0 radical (unpaired) electrons. The summed E-state index contributed by atoms with van der Waals surface area (Å²) in [6.07, 6.45) is 6.60. The smallest absolute Gasteiger partial charge is 0.227 e. The topological polar surface area (TPSA) is 41.6 Å². The Morgan fingerprint density at radius 1 is 1.07 bits per heavy atom. The lowest BCUT2D eigenvalue weighted by molar-refractivity contribution is -0.121. The zero-order chi connectivity index (χ0) is 20.9. The standard InChI is InChI=1S/C24H28ClFN2O2/c25-19-6-5-18(23(26)15-19)16-28-13-11-17(12-14-28)24(29)27-20-7-9-22(10-8-20)30-21-3-1-2-4-21/h5-10,15,17,21H,1-4,11-14,16H2,(H,27,29). The van der Waals surface area contributed by atoms with Crippen LogP contribution in [0.4, 0.5) is 10.1 Å². The van der Waals surface area contributed by atoms with E-state index in [-0.39, 0.29) is 17.6 Å². The van der Waals surface area contributed by atoms with Crippen LogP contribution in [0, 0.1) is 11.7 Å². The Bertz CT molecular complexity index is 860. The van der Waals surface area contributed by atoms with Crippen molar-refractivity contribution in [3.8, 4) is 5.75 Å². The lowest BCUT2D eigenvalue weighted by atomic mass is 9.95. The second-order valence-electron chi connectivity index (χ2n) is 8.32. The van der Waals surface area contributed by atoms with E-state index in [9.17, 15) is 9.18 Å². The number of nitrogens with zero attached hydrogens (tertiary/aromatic N) is 1. The molecule has 0 unspecified atom stereocenters. The molecule has 1 amide bonds. The maximum absolute atomic E-state index is 14.0. The van der Waals surface area contributed by atoms with E-state index in [2.05, 4.69) is 10.2 Å². The number of amides is 1. The molecular weight excluding hydrogens is 403 g/mol. The second-order valence-corrected chi connectivity index (χ2v) is 8.76. The Balaban J connectivity index is 1.24. The first-order chi connectivity index (χ1) is 14.6. The van der Waals surface area contributed by atoms with Crippen molar-refractivity contribution in [2.75, 3.05) is 18.4 Å². The molecule has 160 valence electrons. The number of anilines is 1. The Hall–Kier alpha value is -2.11. The minimum Gasteiger partial charge on any atom is -0.490 e. The van der Waals surface area contributed by atoms with Crippen molar-refractivity contribution < 1.29 is 13.9 Å². The van der Waals surface area contributed by atoms with Gasteiger partial charge in [-0.2, -0.15) is 0 Å². The second kappa shape index (κ2) is 9.80. The molecule has 1 saturated heterocycles. The third-order valence-electron chi connectivity index (χ3n) is 6.09. The van der Waals surface area contributed by atoms with E-state index in [0.29, 0.717) is 23.2 Å². The van der Waals surface area contributed by atoms with Crippen LogP contribution in [-0.2, 0) is 11.3 Å². The molecule has 1 aliphatic heterocycles. The number of hydrogen-bond acceptors (Lipinski definition) is 3. The number of likely N-dealkylation sites (tertiary alicyclic amines) is 1. The van der Waals surface area contributed by atoms with E-state index in [1.165, 1.54) is 18.9 Å². The van der Waals surface area contributed by atoms with Gasteiger partial charge in [-0.05, 0) is 88.0 Å². The molecule has 2 fully saturated rings. The fourth-order valence-corrected chi connectivity index (χ4v) is 4.46. The van der Waals surface area contributed by atoms with Crippen LogP contribution >= 0.6 is 11.6 Å². The van der Waals surface area contributed by atoms with Gasteiger partial charge < -0.3 is 10.1 Å². The van der Waals surface area contributed by atoms with Gasteiger partial charge in [0.1, 0.15) is 11.6 Å². The molecule has 1 saturated carbocycles. The van der Waals surface area contributed by atoms with Crippen molar-refractivity contribution >= 4 is 23.2 Å². The molecule has 2 aromatic carbocycles. The van der Waals surface area contributed by atoms with E-state index in [1.807, 2.05) is 24.3 Å². The molecule has 6 heteroatoms. The number of hydrogen-bond donors (Lipinski definition) is 1. The van der Waals surface area contributed by atoms with Crippen molar-refractivity contribution in [2.24, 2.45) is 5.92 Å². The first kappa shape index (κ1) is 21.1. The Morgan fingerprint density at radius 3 is 2.43 bits per heavy atom. The number of nitrogens with one attached hydrogen (secondary N) is 1. The molecule has 4 rings (SSSR count). The number of benzene rings is 2. The summed E-state index contributed by atoms with van der Waals surface area (Å²) in [5, 5.41) is 3.43. The summed E-state index contributed by atoms with van der Waals surface area (Å²) in [4.78, 5) is 14.8. The van der Waals surface area contributed by atoms with E-state index in [1.54, 1.807) is 12.1 Å². The van der Waals surface area contributed by atoms with Crippen LogP contribution in [0.1, 0.15) is 44.1 Å². The first-order valence-electron chi connectivity index (χ1n) is 10.8. The van der Waals surface area contributed by atoms with Gasteiger partial charge in [-0.3, -0.25) is 9.69 Å². The predicted molar refractivity (Wildman–Crippen MR) is 117 cm³/mol. The van der Waals surface area contributed by atoms with Crippen molar-refractivity contribution in [3.05, 3.63) is 58.9 Å². The summed E-state index contributed by atoms with van der Waals surface area (Å²) in [6, 6.07) is 12.5. The van der Waals surface area contributed by atoms with E-state index in [4.69, 9.17) is 16.3 Å². The first-order valence-corrected chi connectivity index (χ1v) is 11.2. The number of piperidine rings is 1. The van der Waals surface area contributed by atoms with E-state index < -0.39 is 0 Å². The highest BCUT2D eigenvalue weighted by Gasteiger charge is 2.25. The predicted octanol–water partition coefficient (Wildman–Crippen LogP) is 5.65. The van der Waals surface area contributed by atoms with Crippen molar-refractivity contribution in [3.63, 3.8) is 0 Å². The van der Waals surface area contributed by atoms with Crippen molar-refractivity contribution in [2.45, 2.75) is 51.2 Å². The summed E-state index contributed by atoms with van der Waals surface area (Å²) < 4.78 is 20.0. The minimum absolute atomic E-state index is 0.0225. The zero-order valence-corrected chi connectivity index (χ0v) is 17.8. The van der Waals surface area contributed by atoms with E-state index in [0.717, 1.165) is 50.2 Å². The molecule has 0 bridgehead atoms. The number of ether oxygens (including phenoxy) is 1. The normalized spacial score (nSPS) is 18.5. The highest BCUT2D eigenvalue weighted by Crippen LogP contribution is 2.26. The molecule has 4 nitrogen and oxygen atoms in total. The fourth-order valence-electron chi connectivity index (χ4n) is 4.30. The maximum atomic E-state index is 14.0. The van der Waals surface area contributed by atoms with Gasteiger partial charge in [0.2, 0.25) is 5.91 Å². The lowest BCUT2D eigenvalue weighted by Crippen LogP contribution is -2.37. The van der Waals surface area contributed by atoms with Gasteiger partial charge in [-0.15, -0.1) is 0 Å². The highest BCUT2D eigenvalue weighted by molar-refractivity contribution is 6.30. The zero-order valence-electron chi connectivity index (χ0n) is 17.1. The summed E-state index contributed by atoms with van der Waals surface area (Å²) in [6.45, 7) is 2.09. The monoisotopic (exact) mass is 430 g/mol. The molecule has 0 aromatic heterocycles. The molecule has 1 N–H and O–H groups in total. The van der Waals surface area contributed by atoms with Crippen LogP contribution in [-0.4, -0.2) is 30.0 Å². The Labute approximate surface area is 182 Å². The molecule has 1 aliphatic carbocycles. The molecule has 2 aliphatic rings. The molecular formula is C24H28ClFN2O2. The molecule has 30 heavy (non-hydrogen) atoms. The SMILES string of the molecule is O=C(Nc1ccc(OC2CCCC2)cc1)C1CCN(Cc2ccc(Cl)cc2F)CC1. The molecule has 0 atom stereocenters. The van der Waals surface area contributed by atoms with Crippen LogP contribution in [0.25, 0.3) is 0 Å². The largest absolute Gasteiger partial charge is 0.490 e. The highest BCUT2D eigenvalue weighted by atomic mass is 35.5. The van der Waals surface area contributed by atoms with Gasteiger partial charge in [0, 0.05) is 28.7 Å². The third-order valence-corrected chi connectivity index (χ3v) is 6.33. The maximum Gasteiger partial charge on any atom is 0.227 e. The van der Waals surface area contributed by atoms with Crippen LogP contribution in [0.3, 0.4) is 0 Å². The van der Waals surface area contributed by atoms with Gasteiger partial charge in [0.15, 0.2) is 0 Å². The quantitative estimate of drug-likeness (QED) is 0.643. The fraction of sp³-hybridized carbons (Fsp3) is 0.458. The molecule has 1 heterocycles. The summed E-state index contributed by atoms with van der Waals surface area (Å²) in [5.41, 5.74) is 1.44. The summed E-state index contributed by atoms with van der Waals surface area (Å²) in [5.74, 6) is 0.618. The van der Waals surface area contributed by atoms with Crippen LogP contribution < -0.4 is 10.1 Å². The van der Waals surface area contributed by atoms with Gasteiger partial charge in [0.05, 0.1) is 6.10 Å². The van der Waals surface area contributed by atoms with Crippen LogP contribution in [0.2, 0.25) is 5.02 Å². The third kappa shape index (κ3) is 5.52. The Kier molecular flexibility index (Phi) is 6.90. The van der Waals surface area contributed by atoms with Gasteiger partial charge in [-0.25, -0.2) is 4.39 Å². The lowest BCUT2D eigenvalue weighted by Gasteiger charge is -2.31. The summed E-state index contributed by atoms with van der Waals surface area (Å²) in [7, 11) is 0. The van der Waals surface area contributed by atoms with Crippen LogP contribution in [0.5, 0.6) is 5.75 Å². The van der Waals surface area contributed by atoms with Gasteiger partial charge in [-0.1, -0.05) is 17.7 Å². The minimum atomic E-state index is -0.275. The molecule has 2 aromatic rings. The van der Waals surface area contributed by atoms with Crippen LogP contribution in [0.15, 0.2) is 42.5 Å². The van der Waals surface area contributed by atoms with Crippen molar-refractivity contribution in [1.29, 1.82) is 0 Å². The average molecular weight is 431 g/mol. The van der Waals surface area contributed by atoms with E-state index >= 15 is 0 Å².